The Labute approximate surface area is 172 Å². The number of carbonyl (C=O) groups excluding carboxylic acids is 1. The molecule has 0 spiro atoms. The lowest BCUT2D eigenvalue weighted by Crippen LogP contribution is -2.24. The summed E-state index contributed by atoms with van der Waals surface area (Å²) in [6.07, 6.45) is 0.0624. The zero-order chi connectivity index (χ0) is 20.6. The molecular weight excluding hydrogens is 427 g/mol. The molecule has 0 radical (unpaired) electrons. The Balaban J connectivity index is 1.85. The van der Waals surface area contributed by atoms with E-state index in [9.17, 15) is 13.2 Å². The smallest absolute Gasteiger partial charge is 0.338 e. The SMILES string of the molecule is N#CCCNS(=O)(=O)c1ccc(C(=O)OCCOc2ccc(Cl)cc2Cl)cc1. The van der Waals surface area contributed by atoms with Crippen molar-refractivity contribution in [1.29, 1.82) is 5.26 Å². The molecule has 28 heavy (non-hydrogen) atoms. The highest BCUT2D eigenvalue weighted by Crippen LogP contribution is 2.27. The van der Waals surface area contributed by atoms with Crippen LogP contribution in [0, 0.1) is 11.3 Å². The number of sulfonamides is 1. The van der Waals surface area contributed by atoms with Gasteiger partial charge in [0.05, 0.1) is 21.6 Å². The van der Waals surface area contributed by atoms with Crippen molar-refractivity contribution in [3.8, 4) is 11.8 Å². The average molecular weight is 443 g/mol. The first-order valence-corrected chi connectivity index (χ1v) is 10.3. The number of nitrogens with zero attached hydrogens (tertiary/aromatic N) is 1. The molecule has 2 aromatic carbocycles. The van der Waals surface area contributed by atoms with Crippen molar-refractivity contribution in [1.82, 2.24) is 4.72 Å². The molecule has 0 amide bonds. The number of esters is 1. The van der Waals surface area contributed by atoms with Gasteiger partial charge in [-0.2, -0.15) is 5.26 Å². The zero-order valence-electron chi connectivity index (χ0n) is 14.5. The number of hydrogen-bond donors (Lipinski definition) is 1. The molecule has 2 aromatic rings. The average Bonchev–Trinajstić information content (AvgIpc) is 2.66. The monoisotopic (exact) mass is 442 g/mol. The molecule has 7 nitrogen and oxygen atoms in total. The minimum absolute atomic E-state index is 0.0114. The van der Waals surface area contributed by atoms with E-state index in [1.807, 2.05) is 6.07 Å². The van der Waals surface area contributed by atoms with Crippen LogP contribution in [0.15, 0.2) is 47.4 Å². The third-order valence-corrected chi connectivity index (χ3v) is 5.40. The van der Waals surface area contributed by atoms with Crippen molar-refractivity contribution in [2.24, 2.45) is 0 Å². The third kappa shape index (κ3) is 6.39. The summed E-state index contributed by atoms with van der Waals surface area (Å²) < 4.78 is 36.8. The Morgan fingerprint density at radius 1 is 1.11 bits per heavy atom. The lowest BCUT2D eigenvalue weighted by molar-refractivity contribution is 0.0450. The minimum atomic E-state index is -3.73. The minimum Gasteiger partial charge on any atom is -0.488 e. The Bertz CT molecular complexity index is 972. The molecule has 2 rings (SSSR count). The van der Waals surface area contributed by atoms with Crippen LogP contribution in [0.5, 0.6) is 5.75 Å². The third-order valence-electron chi connectivity index (χ3n) is 3.40. The highest BCUT2D eigenvalue weighted by molar-refractivity contribution is 7.89. The predicted molar refractivity (Wildman–Crippen MR) is 104 cm³/mol. The number of halogens is 2. The van der Waals surface area contributed by atoms with Gasteiger partial charge >= 0.3 is 5.97 Å². The summed E-state index contributed by atoms with van der Waals surface area (Å²) in [5.74, 6) is -0.201. The van der Waals surface area contributed by atoms with Crippen LogP contribution < -0.4 is 9.46 Å². The van der Waals surface area contributed by atoms with E-state index in [4.69, 9.17) is 37.9 Å². The van der Waals surface area contributed by atoms with Crippen molar-refractivity contribution in [2.75, 3.05) is 19.8 Å². The first-order chi connectivity index (χ1) is 13.3. The largest absolute Gasteiger partial charge is 0.488 e. The van der Waals surface area contributed by atoms with E-state index in [-0.39, 0.29) is 36.6 Å². The summed E-state index contributed by atoms with van der Waals surface area (Å²) in [4.78, 5) is 12.0. The molecule has 0 aliphatic heterocycles. The Kier molecular flexibility index (Phi) is 8.08. The number of rotatable bonds is 9. The first kappa shape index (κ1) is 22.0. The molecule has 0 saturated heterocycles. The van der Waals surface area contributed by atoms with Crippen LogP contribution in [-0.2, 0) is 14.8 Å². The molecule has 0 saturated carbocycles. The topological polar surface area (TPSA) is 105 Å². The number of nitrogens with one attached hydrogen (secondary N) is 1. The highest BCUT2D eigenvalue weighted by Gasteiger charge is 2.15. The van der Waals surface area contributed by atoms with Crippen molar-refractivity contribution < 1.29 is 22.7 Å². The Morgan fingerprint density at radius 3 is 2.46 bits per heavy atom. The van der Waals surface area contributed by atoms with Crippen LogP contribution in [-0.4, -0.2) is 34.1 Å². The van der Waals surface area contributed by atoms with Crippen molar-refractivity contribution in [3.63, 3.8) is 0 Å². The van der Waals surface area contributed by atoms with E-state index in [2.05, 4.69) is 4.72 Å². The number of carbonyl (C=O) groups is 1. The number of ether oxygens (including phenoxy) is 2. The van der Waals surface area contributed by atoms with Gasteiger partial charge in [-0.05, 0) is 42.5 Å². The van der Waals surface area contributed by atoms with Crippen molar-refractivity contribution in [2.45, 2.75) is 11.3 Å². The first-order valence-electron chi connectivity index (χ1n) is 8.05. The van der Waals surface area contributed by atoms with Gasteiger partial charge in [0.1, 0.15) is 19.0 Å². The molecule has 0 aliphatic rings. The standard InChI is InChI=1S/C18H16Cl2N2O5S/c19-14-4-7-17(16(20)12-14)26-10-11-27-18(23)13-2-5-15(6-3-13)28(24,25)22-9-1-8-21/h2-7,12,22H,1,9-11H2. The molecule has 0 aliphatic carbocycles. The lowest BCUT2D eigenvalue weighted by Gasteiger charge is -2.09. The maximum Gasteiger partial charge on any atom is 0.338 e. The molecular formula is C18H16Cl2N2O5S. The van der Waals surface area contributed by atoms with Crippen molar-refractivity contribution in [3.05, 3.63) is 58.1 Å². The molecule has 0 unspecified atom stereocenters. The molecule has 0 aromatic heterocycles. The van der Waals surface area contributed by atoms with Gasteiger partial charge in [-0.15, -0.1) is 0 Å². The molecule has 0 bridgehead atoms. The van der Waals surface area contributed by atoms with Crippen LogP contribution in [0.2, 0.25) is 10.0 Å². The fourth-order valence-corrected chi connectivity index (χ4v) is 3.55. The molecule has 0 heterocycles. The van der Waals surface area contributed by atoms with Gasteiger partial charge < -0.3 is 9.47 Å². The second-order valence-corrected chi connectivity index (χ2v) is 8.00. The highest BCUT2D eigenvalue weighted by atomic mass is 35.5. The Hall–Kier alpha value is -2.31. The van der Waals surface area contributed by atoms with Crippen LogP contribution in [0.1, 0.15) is 16.8 Å². The summed E-state index contributed by atoms with van der Waals surface area (Å²) in [6, 6.07) is 11.9. The van der Waals surface area contributed by atoms with Crippen LogP contribution in [0.3, 0.4) is 0 Å². The number of hydrogen-bond acceptors (Lipinski definition) is 6. The van der Waals surface area contributed by atoms with Gasteiger partial charge in [-0.1, -0.05) is 23.2 Å². The van der Waals surface area contributed by atoms with E-state index in [1.165, 1.54) is 30.3 Å². The second kappa shape index (κ2) is 10.3. The van der Waals surface area contributed by atoms with E-state index >= 15 is 0 Å². The molecule has 0 fully saturated rings. The van der Waals surface area contributed by atoms with E-state index < -0.39 is 16.0 Å². The van der Waals surface area contributed by atoms with Gasteiger partial charge in [0.15, 0.2) is 0 Å². The predicted octanol–water partition coefficient (Wildman–Crippen LogP) is 3.42. The van der Waals surface area contributed by atoms with Gasteiger partial charge in [-0.25, -0.2) is 17.9 Å². The van der Waals surface area contributed by atoms with Crippen LogP contribution >= 0.6 is 23.2 Å². The van der Waals surface area contributed by atoms with E-state index in [1.54, 1.807) is 12.1 Å². The molecule has 1 N–H and O–H groups in total. The molecule has 148 valence electrons. The quantitative estimate of drug-likeness (QED) is 0.470. The fourth-order valence-electron chi connectivity index (χ4n) is 2.06. The normalized spacial score (nSPS) is 10.9. The second-order valence-electron chi connectivity index (χ2n) is 5.39. The van der Waals surface area contributed by atoms with Gasteiger partial charge in [0.2, 0.25) is 10.0 Å². The Morgan fingerprint density at radius 2 is 1.82 bits per heavy atom. The maximum absolute atomic E-state index is 12.0. The summed E-state index contributed by atoms with van der Waals surface area (Å²) >= 11 is 11.8. The summed E-state index contributed by atoms with van der Waals surface area (Å²) in [6.45, 7) is 0.0795. The summed E-state index contributed by atoms with van der Waals surface area (Å²) in [5, 5.41) is 9.28. The van der Waals surface area contributed by atoms with Gasteiger partial charge in [0.25, 0.3) is 0 Å². The summed E-state index contributed by atoms with van der Waals surface area (Å²) in [7, 11) is -3.73. The van der Waals surface area contributed by atoms with Crippen LogP contribution in [0.25, 0.3) is 0 Å². The van der Waals surface area contributed by atoms with Gasteiger partial charge in [0, 0.05) is 18.0 Å². The molecule has 10 heteroatoms. The van der Waals surface area contributed by atoms with E-state index in [0.29, 0.717) is 15.8 Å². The van der Waals surface area contributed by atoms with Gasteiger partial charge in [-0.3, -0.25) is 0 Å². The van der Waals surface area contributed by atoms with E-state index in [0.717, 1.165) is 0 Å². The number of nitriles is 1. The zero-order valence-corrected chi connectivity index (χ0v) is 16.9. The molecule has 0 atom stereocenters. The fraction of sp³-hybridized carbons (Fsp3) is 0.222. The van der Waals surface area contributed by atoms with Crippen molar-refractivity contribution >= 4 is 39.2 Å². The van der Waals surface area contributed by atoms with Crippen LogP contribution in [0.4, 0.5) is 0 Å². The number of benzene rings is 2. The maximum atomic E-state index is 12.0. The lowest BCUT2D eigenvalue weighted by atomic mass is 10.2. The summed E-state index contributed by atoms with van der Waals surface area (Å²) in [5.41, 5.74) is 0.195.